The molecule has 0 unspecified atom stereocenters. The molecular weight excluding hydrogens is 346 g/mol. The van der Waals surface area contributed by atoms with E-state index in [4.69, 9.17) is 0 Å². The summed E-state index contributed by atoms with van der Waals surface area (Å²) in [5.74, 6) is 0.144. The highest BCUT2D eigenvalue weighted by atomic mass is 16.2. The van der Waals surface area contributed by atoms with Crippen LogP contribution in [0.1, 0.15) is 17.5 Å². The third-order valence-electron chi connectivity index (χ3n) is 5.11. The van der Waals surface area contributed by atoms with E-state index < -0.39 is 0 Å². The van der Waals surface area contributed by atoms with E-state index in [1.54, 1.807) is 0 Å². The summed E-state index contributed by atoms with van der Waals surface area (Å²) in [5.41, 5.74) is 2.57. The molecule has 28 heavy (non-hydrogen) atoms. The Hall–Kier alpha value is -2.43. The maximum Gasteiger partial charge on any atom is 0.234 e. The van der Waals surface area contributed by atoms with Crippen LogP contribution in [0.4, 0.5) is 0 Å². The van der Waals surface area contributed by atoms with E-state index in [0.29, 0.717) is 6.54 Å². The molecule has 1 amide bonds. The fourth-order valence-electron chi connectivity index (χ4n) is 3.46. The summed E-state index contributed by atoms with van der Waals surface area (Å²) in [7, 11) is 0. The quantitative estimate of drug-likeness (QED) is 0.682. The van der Waals surface area contributed by atoms with Crippen LogP contribution in [-0.2, 0) is 11.2 Å². The maximum absolute atomic E-state index is 12.2. The number of hydrogen-bond donors (Lipinski definition) is 1. The Balaban J connectivity index is 1.26. The van der Waals surface area contributed by atoms with Gasteiger partial charge in [0.15, 0.2) is 0 Å². The van der Waals surface area contributed by atoms with Gasteiger partial charge in [-0.3, -0.25) is 14.6 Å². The molecule has 1 aliphatic rings. The second kappa shape index (κ2) is 11.4. The van der Waals surface area contributed by atoms with Crippen LogP contribution in [0.2, 0.25) is 0 Å². The lowest BCUT2D eigenvalue weighted by Crippen LogP contribution is -2.49. The molecule has 0 atom stereocenters. The molecule has 2 aromatic carbocycles. The molecule has 4 nitrogen and oxygen atoms in total. The number of carbonyl (C=O) groups excluding carboxylic acids is 1. The van der Waals surface area contributed by atoms with E-state index in [-0.39, 0.29) is 5.91 Å². The highest BCUT2D eigenvalue weighted by molar-refractivity contribution is 5.78. The van der Waals surface area contributed by atoms with Crippen molar-refractivity contribution >= 4 is 12.0 Å². The summed E-state index contributed by atoms with van der Waals surface area (Å²) in [6.07, 6.45) is 6.40. The van der Waals surface area contributed by atoms with Crippen molar-refractivity contribution in [1.82, 2.24) is 15.1 Å². The van der Waals surface area contributed by atoms with Crippen molar-refractivity contribution < 1.29 is 4.79 Å². The van der Waals surface area contributed by atoms with Crippen LogP contribution in [0, 0.1) is 0 Å². The van der Waals surface area contributed by atoms with Gasteiger partial charge in [-0.25, -0.2) is 0 Å². The van der Waals surface area contributed by atoms with Crippen LogP contribution < -0.4 is 5.32 Å². The minimum atomic E-state index is 0.144. The number of nitrogens with zero attached hydrogens (tertiary/aromatic N) is 2. The van der Waals surface area contributed by atoms with Crippen molar-refractivity contribution in [3.05, 3.63) is 77.9 Å². The van der Waals surface area contributed by atoms with Gasteiger partial charge in [0.05, 0.1) is 6.54 Å². The standard InChI is InChI=1S/C24H31N3O/c28-24(25-15-7-13-22-9-3-1-4-10-22)21-27-19-17-26(18-20-27)16-8-14-23-11-5-2-6-12-23/h1-6,8-12,14H,7,13,15-21H2,(H,25,28)/b14-8+. The van der Waals surface area contributed by atoms with Gasteiger partial charge >= 0.3 is 0 Å². The van der Waals surface area contributed by atoms with Crippen LogP contribution >= 0.6 is 0 Å². The van der Waals surface area contributed by atoms with E-state index in [2.05, 4.69) is 75.8 Å². The van der Waals surface area contributed by atoms with Gasteiger partial charge in [-0.2, -0.15) is 0 Å². The molecule has 3 rings (SSSR count). The van der Waals surface area contributed by atoms with Gasteiger partial charge < -0.3 is 5.32 Å². The fraction of sp³-hybridized carbons (Fsp3) is 0.375. The number of benzene rings is 2. The molecule has 0 aromatic heterocycles. The summed E-state index contributed by atoms with van der Waals surface area (Å²) in [6.45, 7) is 6.17. The molecule has 1 heterocycles. The lowest BCUT2D eigenvalue weighted by molar-refractivity contribution is -0.122. The van der Waals surface area contributed by atoms with E-state index in [1.165, 1.54) is 11.1 Å². The molecule has 1 fully saturated rings. The predicted octanol–water partition coefficient (Wildman–Crippen LogP) is 3.07. The van der Waals surface area contributed by atoms with E-state index in [9.17, 15) is 4.79 Å². The summed E-state index contributed by atoms with van der Waals surface area (Å²) in [4.78, 5) is 16.8. The maximum atomic E-state index is 12.2. The first-order valence-electron chi connectivity index (χ1n) is 10.3. The molecular formula is C24H31N3O. The number of piperazine rings is 1. The third-order valence-corrected chi connectivity index (χ3v) is 5.11. The van der Waals surface area contributed by atoms with Gasteiger partial charge in [-0.15, -0.1) is 0 Å². The Morgan fingerprint density at radius 3 is 2.25 bits per heavy atom. The number of amides is 1. The van der Waals surface area contributed by atoms with Gasteiger partial charge in [-0.1, -0.05) is 72.8 Å². The molecule has 4 heteroatoms. The van der Waals surface area contributed by atoms with Crippen LogP contribution in [0.5, 0.6) is 0 Å². The van der Waals surface area contributed by atoms with Crippen LogP contribution in [0.15, 0.2) is 66.7 Å². The van der Waals surface area contributed by atoms with Crippen molar-refractivity contribution in [2.45, 2.75) is 12.8 Å². The minimum absolute atomic E-state index is 0.144. The van der Waals surface area contributed by atoms with Crippen molar-refractivity contribution in [3.8, 4) is 0 Å². The number of hydrogen-bond acceptors (Lipinski definition) is 3. The molecule has 1 aliphatic heterocycles. The summed E-state index contributed by atoms with van der Waals surface area (Å²) >= 11 is 0. The van der Waals surface area contributed by atoms with Crippen molar-refractivity contribution in [3.63, 3.8) is 0 Å². The SMILES string of the molecule is O=C(CN1CCN(C/C=C/c2ccccc2)CC1)NCCCc1ccccc1. The summed E-state index contributed by atoms with van der Waals surface area (Å²) < 4.78 is 0. The normalized spacial score (nSPS) is 15.7. The third kappa shape index (κ3) is 7.29. The molecule has 0 bridgehead atoms. The second-order valence-corrected chi connectivity index (χ2v) is 7.33. The van der Waals surface area contributed by atoms with Crippen molar-refractivity contribution in [2.75, 3.05) is 45.8 Å². The summed E-state index contributed by atoms with van der Waals surface area (Å²) in [6, 6.07) is 20.8. The molecule has 0 saturated carbocycles. The van der Waals surface area contributed by atoms with Gasteiger partial charge in [0.2, 0.25) is 5.91 Å². The molecule has 1 N–H and O–H groups in total. The Bertz CT molecular complexity index is 722. The molecule has 0 aliphatic carbocycles. The highest BCUT2D eigenvalue weighted by Crippen LogP contribution is 2.05. The summed E-state index contributed by atoms with van der Waals surface area (Å²) in [5, 5.41) is 3.06. The van der Waals surface area contributed by atoms with Gasteiger partial charge in [-0.05, 0) is 24.0 Å². The van der Waals surface area contributed by atoms with E-state index >= 15 is 0 Å². The zero-order valence-corrected chi connectivity index (χ0v) is 16.6. The largest absolute Gasteiger partial charge is 0.355 e. The molecule has 2 aromatic rings. The predicted molar refractivity (Wildman–Crippen MR) is 116 cm³/mol. The zero-order valence-electron chi connectivity index (χ0n) is 16.6. The van der Waals surface area contributed by atoms with Gasteiger partial charge in [0.1, 0.15) is 0 Å². The Labute approximate surface area is 168 Å². The minimum Gasteiger partial charge on any atom is -0.355 e. The zero-order chi connectivity index (χ0) is 19.4. The number of aryl methyl sites for hydroxylation is 1. The highest BCUT2D eigenvalue weighted by Gasteiger charge is 2.17. The Morgan fingerprint density at radius 2 is 1.54 bits per heavy atom. The molecule has 0 spiro atoms. The first-order chi connectivity index (χ1) is 13.8. The second-order valence-electron chi connectivity index (χ2n) is 7.33. The monoisotopic (exact) mass is 377 g/mol. The lowest BCUT2D eigenvalue weighted by Gasteiger charge is -2.33. The van der Waals surface area contributed by atoms with Crippen LogP contribution in [0.3, 0.4) is 0 Å². The van der Waals surface area contributed by atoms with Crippen LogP contribution in [-0.4, -0.2) is 61.5 Å². The Kier molecular flexibility index (Phi) is 8.28. The number of rotatable bonds is 9. The first-order valence-corrected chi connectivity index (χ1v) is 10.3. The van der Waals surface area contributed by atoms with Gasteiger partial charge in [0.25, 0.3) is 0 Å². The van der Waals surface area contributed by atoms with E-state index in [1.807, 2.05) is 12.1 Å². The van der Waals surface area contributed by atoms with Crippen LogP contribution in [0.25, 0.3) is 6.08 Å². The first kappa shape index (κ1) is 20.3. The fourth-order valence-corrected chi connectivity index (χ4v) is 3.46. The molecule has 0 radical (unpaired) electrons. The molecule has 148 valence electrons. The van der Waals surface area contributed by atoms with Crippen molar-refractivity contribution in [1.29, 1.82) is 0 Å². The van der Waals surface area contributed by atoms with E-state index in [0.717, 1.165) is 52.1 Å². The Morgan fingerprint density at radius 1 is 0.893 bits per heavy atom. The molecule has 1 saturated heterocycles. The van der Waals surface area contributed by atoms with Gasteiger partial charge in [0, 0.05) is 39.3 Å². The van der Waals surface area contributed by atoms with Crippen molar-refractivity contribution in [2.24, 2.45) is 0 Å². The number of nitrogens with one attached hydrogen (secondary N) is 1. The topological polar surface area (TPSA) is 35.6 Å². The number of carbonyl (C=O) groups is 1. The average molecular weight is 378 g/mol. The average Bonchev–Trinajstić information content (AvgIpc) is 2.74. The lowest BCUT2D eigenvalue weighted by atomic mass is 10.1. The smallest absolute Gasteiger partial charge is 0.234 e.